The molecular formula is C16H23NO4. The van der Waals surface area contributed by atoms with E-state index in [9.17, 15) is 4.79 Å². The number of morpholine rings is 1. The topological polar surface area (TPSA) is 59.0 Å². The van der Waals surface area contributed by atoms with Crippen LogP contribution < -0.4 is 0 Å². The fourth-order valence-electron chi connectivity index (χ4n) is 2.49. The number of hydrogen-bond acceptors (Lipinski definition) is 4. The van der Waals surface area contributed by atoms with E-state index in [2.05, 4.69) is 30.9 Å². The van der Waals surface area contributed by atoms with Crippen LogP contribution in [0.4, 0.5) is 0 Å². The monoisotopic (exact) mass is 293 g/mol. The largest absolute Gasteiger partial charge is 0.480 e. The molecule has 1 aromatic rings. The summed E-state index contributed by atoms with van der Waals surface area (Å²) in [5, 5.41) is 8.59. The van der Waals surface area contributed by atoms with Crippen molar-refractivity contribution in [2.75, 3.05) is 32.9 Å². The molecule has 116 valence electrons. The molecular weight excluding hydrogens is 270 g/mol. The maximum Gasteiger partial charge on any atom is 0.329 e. The number of aliphatic carboxylic acids is 1. The van der Waals surface area contributed by atoms with Crippen LogP contribution >= 0.6 is 0 Å². The number of ether oxygens (including phenoxy) is 2. The molecule has 1 aliphatic heterocycles. The minimum Gasteiger partial charge on any atom is -0.480 e. The van der Waals surface area contributed by atoms with Crippen molar-refractivity contribution >= 4 is 5.97 Å². The summed E-state index contributed by atoms with van der Waals surface area (Å²) in [6.45, 7) is 6.56. The van der Waals surface area contributed by atoms with E-state index in [-0.39, 0.29) is 18.2 Å². The molecule has 5 heteroatoms. The van der Waals surface area contributed by atoms with Crippen LogP contribution in [0.5, 0.6) is 0 Å². The summed E-state index contributed by atoms with van der Waals surface area (Å²) in [6, 6.07) is 10.2. The van der Waals surface area contributed by atoms with Gasteiger partial charge in [-0.2, -0.15) is 0 Å². The first-order valence-electron chi connectivity index (χ1n) is 7.20. The predicted octanol–water partition coefficient (Wildman–Crippen LogP) is 1.94. The molecule has 1 aromatic carbocycles. The Hall–Kier alpha value is -1.43. The summed E-state index contributed by atoms with van der Waals surface area (Å²) < 4.78 is 11.1. The maximum atomic E-state index is 10.5. The van der Waals surface area contributed by atoms with Crippen molar-refractivity contribution in [2.45, 2.75) is 25.5 Å². The Balaban J connectivity index is 1.92. The number of carbonyl (C=O) groups is 1. The van der Waals surface area contributed by atoms with Crippen molar-refractivity contribution in [1.29, 1.82) is 0 Å². The highest BCUT2D eigenvalue weighted by Crippen LogP contribution is 2.29. The molecule has 1 fully saturated rings. The van der Waals surface area contributed by atoms with E-state index in [1.807, 2.05) is 18.2 Å². The van der Waals surface area contributed by atoms with Gasteiger partial charge in [-0.25, -0.2) is 4.79 Å². The second kappa shape index (κ2) is 7.02. The van der Waals surface area contributed by atoms with E-state index >= 15 is 0 Å². The van der Waals surface area contributed by atoms with Gasteiger partial charge in [0, 0.05) is 18.6 Å². The van der Waals surface area contributed by atoms with Crippen LogP contribution in [-0.2, 0) is 14.3 Å². The summed E-state index contributed by atoms with van der Waals surface area (Å²) in [6.07, 6.45) is 0.0544. The van der Waals surface area contributed by atoms with Crippen molar-refractivity contribution in [3.63, 3.8) is 0 Å². The molecule has 5 nitrogen and oxygen atoms in total. The standard InChI is InChI=1S/C16H23NO4/c1-16(2)12-21-14(13-6-4-3-5-7-13)10-17(16)8-9-20-11-15(18)19/h3-7,14H,8-12H2,1-2H3,(H,18,19). The number of carboxylic acids is 1. The molecule has 0 bridgehead atoms. The fraction of sp³-hybridized carbons (Fsp3) is 0.562. The van der Waals surface area contributed by atoms with Crippen LogP contribution in [0.3, 0.4) is 0 Å². The summed E-state index contributed by atoms with van der Waals surface area (Å²) >= 11 is 0. The van der Waals surface area contributed by atoms with Crippen molar-refractivity contribution in [2.24, 2.45) is 0 Å². The van der Waals surface area contributed by atoms with Crippen LogP contribution in [0.15, 0.2) is 30.3 Å². The van der Waals surface area contributed by atoms with Crippen molar-refractivity contribution in [1.82, 2.24) is 4.90 Å². The number of benzene rings is 1. The molecule has 0 spiro atoms. The number of carboxylic acid groups (broad SMARTS) is 1. The third kappa shape index (κ3) is 4.52. The average molecular weight is 293 g/mol. The highest BCUT2D eigenvalue weighted by Gasteiger charge is 2.35. The molecule has 1 heterocycles. The third-order valence-corrected chi connectivity index (χ3v) is 3.78. The van der Waals surface area contributed by atoms with Crippen LogP contribution in [0.2, 0.25) is 0 Å². The quantitative estimate of drug-likeness (QED) is 0.812. The Morgan fingerprint density at radius 1 is 1.43 bits per heavy atom. The fourth-order valence-corrected chi connectivity index (χ4v) is 2.49. The molecule has 1 atom stereocenters. The first kappa shape index (κ1) is 15.9. The highest BCUT2D eigenvalue weighted by atomic mass is 16.5. The highest BCUT2D eigenvalue weighted by molar-refractivity contribution is 5.67. The van der Waals surface area contributed by atoms with E-state index < -0.39 is 5.97 Å². The van der Waals surface area contributed by atoms with Gasteiger partial charge < -0.3 is 14.6 Å². The Morgan fingerprint density at radius 2 is 2.14 bits per heavy atom. The first-order chi connectivity index (χ1) is 9.99. The lowest BCUT2D eigenvalue weighted by atomic mass is 9.98. The van der Waals surface area contributed by atoms with Crippen molar-refractivity contribution < 1.29 is 19.4 Å². The number of rotatable bonds is 6. The Morgan fingerprint density at radius 3 is 2.81 bits per heavy atom. The van der Waals surface area contributed by atoms with Gasteiger partial charge in [-0.15, -0.1) is 0 Å². The lowest BCUT2D eigenvalue weighted by Gasteiger charge is -2.45. The van der Waals surface area contributed by atoms with Crippen LogP contribution in [0.25, 0.3) is 0 Å². The van der Waals surface area contributed by atoms with Gasteiger partial charge in [0.1, 0.15) is 6.61 Å². The summed E-state index contributed by atoms with van der Waals surface area (Å²) in [5.74, 6) is -0.932. The van der Waals surface area contributed by atoms with Gasteiger partial charge >= 0.3 is 5.97 Å². The van der Waals surface area contributed by atoms with Crippen LogP contribution in [0, 0.1) is 0 Å². The van der Waals surface area contributed by atoms with E-state index in [4.69, 9.17) is 14.6 Å². The van der Waals surface area contributed by atoms with E-state index in [0.29, 0.717) is 19.8 Å². The minimum atomic E-state index is -0.932. The molecule has 1 saturated heterocycles. The maximum absolute atomic E-state index is 10.5. The third-order valence-electron chi connectivity index (χ3n) is 3.78. The Bertz CT molecular complexity index is 461. The van der Waals surface area contributed by atoms with Crippen LogP contribution in [0.1, 0.15) is 25.5 Å². The van der Waals surface area contributed by atoms with Gasteiger partial charge in [0.15, 0.2) is 0 Å². The number of nitrogens with zero attached hydrogens (tertiary/aromatic N) is 1. The zero-order valence-corrected chi connectivity index (χ0v) is 12.6. The van der Waals surface area contributed by atoms with E-state index in [1.54, 1.807) is 0 Å². The summed E-state index contributed by atoms with van der Waals surface area (Å²) in [4.78, 5) is 12.8. The molecule has 1 aliphatic rings. The van der Waals surface area contributed by atoms with E-state index in [1.165, 1.54) is 5.56 Å². The van der Waals surface area contributed by atoms with Crippen molar-refractivity contribution in [3.05, 3.63) is 35.9 Å². The number of hydrogen-bond donors (Lipinski definition) is 1. The predicted molar refractivity (Wildman–Crippen MR) is 79.2 cm³/mol. The lowest BCUT2D eigenvalue weighted by molar-refractivity contribution is -0.143. The second-order valence-electron chi connectivity index (χ2n) is 5.92. The Labute approximate surface area is 125 Å². The second-order valence-corrected chi connectivity index (χ2v) is 5.92. The first-order valence-corrected chi connectivity index (χ1v) is 7.20. The molecule has 0 aromatic heterocycles. The molecule has 1 unspecified atom stereocenters. The molecule has 2 rings (SSSR count). The van der Waals surface area contributed by atoms with Crippen LogP contribution in [-0.4, -0.2) is 54.4 Å². The van der Waals surface area contributed by atoms with Gasteiger partial charge in [-0.1, -0.05) is 30.3 Å². The van der Waals surface area contributed by atoms with Gasteiger partial charge in [0.2, 0.25) is 0 Å². The molecule has 0 radical (unpaired) electrons. The lowest BCUT2D eigenvalue weighted by Crippen LogP contribution is -2.54. The van der Waals surface area contributed by atoms with Gasteiger partial charge in [0.25, 0.3) is 0 Å². The summed E-state index contributed by atoms with van der Waals surface area (Å²) in [7, 11) is 0. The molecule has 0 aliphatic carbocycles. The smallest absolute Gasteiger partial charge is 0.329 e. The Kier molecular flexibility index (Phi) is 5.33. The zero-order chi connectivity index (χ0) is 15.3. The molecule has 0 amide bonds. The molecule has 1 N–H and O–H groups in total. The molecule has 21 heavy (non-hydrogen) atoms. The van der Waals surface area contributed by atoms with Crippen molar-refractivity contribution in [3.8, 4) is 0 Å². The minimum absolute atomic E-state index is 0.0544. The summed E-state index contributed by atoms with van der Waals surface area (Å²) in [5.41, 5.74) is 1.10. The SMILES string of the molecule is CC1(C)COC(c2ccccc2)CN1CCOCC(=O)O. The normalized spacial score (nSPS) is 22.1. The van der Waals surface area contributed by atoms with Gasteiger partial charge in [0.05, 0.1) is 19.3 Å². The zero-order valence-electron chi connectivity index (χ0n) is 12.6. The van der Waals surface area contributed by atoms with E-state index in [0.717, 1.165) is 6.54 Å². The average Bonchev–Trinajstić information content (AvgIpc) is 2.45. The molecule has 0 saturated carbocycles. The van der Waals surface area contributed by atoms with Gasteiger partial charge in [-0.05, 0) is 19.4 Å². The van der Waals surface area contributed by atoms with Gasteiger partial charge in [-0.3, -0.25) is 4.90 Å².